The van der Waals surface area contributed by atoms with Crippen LogP contribution in [0.15, 0.2) is 24.3 Å². The number of nitrogens with zero attached hydrogens (tertiary/aromatic N) is 1. The van der Waals surface area contributed by atoms with Crippen molar-refractivity contribution in [1.82, 2.24) is 10.2 Å². The highest BCUT2D eigenvalue weighted by Gasteiger charge is 2.55. The lowest BCUT2D eigenvalue weighted by Gasteiger charge is -2.42. The zero-order valence-corrected chi connectivity index (χ0v) is 11.4. The number of nitrogens with one attached hydrogen (secondary N) is 1. The Balaban J connectivity index is 1.83. The summed E-state index contributed by atoms with van der Waals surface area (Å²) in [7, 11) is 2.20. The molecule has 1 aromatic rings. The van der Waals surface area contributed by atoms with E-state index in [1.54, 1.807) is 0 Å². The first-order chi connectivity index (χ1) is 9.21. The molecule has 2 saturated heterocycles. The second kappa shape index (κ2) is 3.83. The molecule has 0 bridgehead atoms. The molecule has 0 radical (unpaired) electrons. The fourth-order valence-electron chi connectivity index (χ4n) is 4.54. The molecule has 19 heavy (non-hydrogen) atoms. The molecule has 2 atom stereocenters. The van der Waals surface area contributed by atoms with Gasteiger partial charge >= 0.3 is 0 Å². The second-order valence-electron chi connectivity index (χ2n) is 6.40. The largest absolute Gasteiger partial charge is 0.349 e. The van der Waals surface area contributed by atoms with Crippen LogP contribution < -0.4 is 5.32 Å². The van der Waals surface area contributed by atoms with Gasteiger partial charge < -0.3 is 10.2 Å². The van der Waals surface area contributed by atoms with Gasteiger partial charge in [0.2, 0.25) is 5.91 Å². The molecule has 2 fully saturated rings. The van der Waals surface area contributed by atoms with E-state index in [-0.39, 0.29) is 17.4 Å². The average Bonchev–Trinajstić information content (AvgIpc) is 2.91. The van der Waals surface area contributed by atoms with Crippen LogP contribution in [0.2, 0.25) is 0 Å². The highest BCUT2D eigenvalue weighted by Crippen LogP contribution is 2.57. The van der Waals surface area contributed by atoms with Crippen LogP contribution in [0.4, 0.5) is 0 Å². The lowest BCUT2D eigenvalue weighted by atomic mass is 9.67. The number of carbonyl (C=O) groups excluding carboxylic acids is 1. The van der Waals surface area contributed by atoms with Gasteiger partial charge in [0.15, 0.2) is 0 Å². The second-order valence-corrected chi connectivity index (χ2v) is 6.40. The number of piperidine rings is 1. The molecule has 1 aliphatic carbocycles. The first-order valence-electron chi connectivity index (χ1n) is 7.28. The zero-order chi connectivity index (χ0) is 13.0. The fourth-order valence-corrected chi connectivity index (χ4v) is 4.54. The summed E-state index contributed by atoms with van der Waals surface area (Å²) in [5.74, 6) is 0.717. The molecule has 2 heterocycles. The Bertz CT molecular complexity index is 531. The highest BCUT2D eigenvalue weighted by atomic mass is 16.2. The van der Waals surface area contributed by atoms with E-state index in [1.165, 1.54) is 24.0 Å². The Morgan fingerprint density at radius 2 is 2.00 bits per heavy atom. The predicted molar refractivity (Wildman–Crippen MR) is 73.8 cm³/mol. The van der Waals surface area contributed by atoms with Crippen LogP contribution >= 0.6 is 0 Å². The molecule has 1 N–H and O–H groups in total. The maximum atomic E-state index is 11.8. The van der Waals surface area contributed by atoms with Crippen LogP contribution in [0.1, 0.15) is 36.4 Å². The van der Waals surface area contributed by atoms with Crippen LogP contribution in [0.25, 0.3) is 0 Å². The van der Waals surface area contributed by atoms with Gasteiger partial charge in [-0.15, -0.1) is 0 Å². The molecule has 100 valence electrons. The molecule has 1 spiro atoms. The molecule has 3 heteroatoms. The molecular formula is C16H20N2O. The van der Waals surface area contributed by atoms with Crippen molar-refractivity contribution in [3.63, 3.8) is 0 Å². The predicted octanol–water partition coefficient (Wildman–Crippen LogP) is 1.84. The van der Waals surface area contributed by atoms with Gasteiger partial charge in [-0.3, -0.25) is 4.79 Å². The molecule has 3 nitrogen and oxygen atoms in total. The molecule has 1 aromatic carbocycles. The third kappa shape index (κ3) is 1.45. The Morgan fingerprint density at radius 3 is 2.79 bits per heavy atom. The molecule has 4 rings (SSSR count). The summed E-state index contributed by atoms with van der Waals surface area (Å²) in [6, 6.07) is 9.04. The minimum Gasteiger partial charge on any atom is -0.349 e. The summed E-state index contributed by atoms with van der Waals surface area (Å²) < 4.78 is 0. The van der Waals surface area contributed by atoms with E-state index in [1.807, 2.05) is 0 Å². The van der Waals surface area contributed by atoms with E-state index in [0.717, 1.165) is 13.1 Å². The third-order valence-corrected chi connectivity index (χ3v) is 5.55. The molecule has 0 aromatic heterocycles. The van der Waals surface area contributed by atoms with E-state index >= 15 is 0 Å². The van der Waals surface area contributed by atoms with Crippen molar-refractivity contribution in [2.75, 3.05) is 20.1 Å². The Labute approximate surface area is 114 Å². The number of benzene rings is 1. The van der Waals surface area contributed by atoms with E-state index < -0.39 is 0 Å². The quantitative estimate of drug-likeness (QED) is 0.768. The Morgan fingerprint density at radius 1 is 1.26 bits per heavy atom. The standard InChI is InChI=1S/C16H20N2O/c1-18-8-6-16(7-9-18)12-5-3-2-4-11(12)15-13(16)10-14(19)17-15/h2-5,13,15H,6-10H2,1H3,(H,17,19)/t13?,15-/m1/s1. The molecule has 0 saturated carbocycles. The van der Waals surface area contributed by atoms with E-state index in [2.05, 4.69) is 41.5 Å². The van der Waals surface area contributed by atoms with Crippen LogP contribution in [0.5, 0.6) is 0 Å². The average molecular weight is 256 g/mol. The summed E-state index contributed by atoms with van der Waals surface area (Å²) in [6.07, 6.45) is 3.09. The summed E-state index contributed by atoms with van der Waals surface area (Å²) >= 11 is 0. The van der Waals surface area contributed by atoms with Crippen molar-refractivity contribution >= 4 is 5.91 Å². The minimum absolute atomic E-state index is 0.239. The van der Waals surface area contributed by atoms with Crippen molar-refractivity contribution in [1.29, 1.82) is 0 Å². The topological polar surface area (TPSA) is 32.3 Å². The zero-order valence-electron chi connectivity index (χ0n) is 11.4. The lowest BCUT2D eigenvalue weighted by molar-refractivity contribution is -0.119. The van der Waals surface area contributed by atoms with Crippen molar-refractivity contribution in [3.8, 4) is 0 Å². The number of fused-ring (bicyclic) bond motifs is 5. The first kappa shape index (κ1) is 11.5. The fraction of sp³-hybridized carbons (Fsp3) is 0.562. The molecule has 1 amide bonds. The van der Waals surface area contributed by atoms with Crippen LogP contribution in [-0.4, -0.2) is 30.9 Å². The normalized spacial score (nSPS) is 32.2. The van der Waals surface area contributed by atoms with Crippen LogP contribution in [0, 0.1) is 5.92 Å². The number of likely N-dealkylation sites (tertiary alicyclic amines) is 1. The number of hydrogen-bond acceptors (Lipinski definition) is 2. The van der Waals surface area contributed by atoms with Crippen molar-refractivity contribution < 1.29 is 4.79 Å². The van der Waals surface area contributed by atoms with Crippen LogP contribution in [0.3, 0.4) is 0 Å². The van der Waals surface area contributed by atoms with Gasteiger partial charge in [-0.25, -0.2) is 0 Å². The van der Waals surface area contributed by atoms with Crippen molar-refractivity contribution in [2.45, 2.75) is 30.7 Å². The van der Waals surface area contributed by atoms with E-state index in [0.29, 0.717) is 12.3 Å². The Hall–Kier alpha value is -1.35. The third-order valence-electron chi connectivity index (χ3n) is 5.55. The minimum atomic E-state index is 0.239. The van der Waals surface area contributed by atoms with Crippen LogP contribution in [-0.2, 0) is 10.2 Å². The number of rotatable bonds is 0. The Kier molecular flexibility index (Phi) is 2.31. The number of hydrogen-bond donors (Lipinski definition) is 1. The van der Waals surface area contributed by atoms with Gasteiger partial charge in [0.05, 0.1) is 6.04 Å². The molecule has 2 aliphatic heterocycles. The number of amides is 1. The van der Waals surface area contributed by atoms with Crippen molar-refractivity contribution in [3.05, 3.63) is 35.4 Å². The van der Waals surface area contributed by atoms with E-state index in [4.69, 9.17) is 0 Å². The van der Waals surface area contributed by atoms with Gasteiger partial charge in [-0.05, 0) is 44.1 Å². The summed E-state index contributed by atoms with van der Waals surface area (Å²) in [5.41, 5.74) is 3.13. The molecule has 1 unspecified atom stereocenters. The maximum absolute atomic E-state index is 11.8. The van der Waals surface area contributed by atoms with Gasteiger partial charge in [0.1, 0.15) is 0 Å². The van der Waals surface area contributed by atoms with E-state index in [9.17, 15) is 4.79 Å². The molecular weight excluding hydrogens is 236 g/mol. The molecule has 3 aliphatic rings. The van der Waals surface area contributed by atoms with Gasteiger partial charge in [-0.2, -0.15) is 0 Å². The van der Waals surface area contributed by atoms with Gasteiger partial charge in [-0.1, -0.05) is 24.3 Å². The summed E-state index contributed by atoms with van der Waals surface area (Å²) in [5, 5.41) is 3.20. The number of carbonyl (C=O) groups is 1. The summed E-state index contributed by atoms with van der Waals surface area (Å²) in [6.45, 7) is 2.29. The smallest absolute Gasteiger partial charge is 0.220 e. The highest BCUT2D eigenvalue weighted by molar-refractivity contribution is 5.81. The van der Waals surface area contributed by atoms with Gasteiger partial charge in [0, 0.05) is 17.8 Å². The SMILES string of the molecule is CN1CCC2(CC1)c1ccccc1[C@H]1NC(=O)CC12. The monoisotopic (exact) mass is 256 g/mol. The van der Waals surface area contributed by atoms with Gasteiger partial charge in [0.25, 0.3) is 0 Å². The lowest BCUT2D eigenvalue weighted by Crippen LogP contribution is -2.43. The van der Waals surface area contributed by atoms with Crippen molar-refractivity contribution in [2.24, 2.45) is 5.92 Å². The first-order valence-corrected chi connectivity index (χ1v) is 7.28. The maximum Gasteiger partial charge on any atom is 0.220 e. The summed E-state index contributed by atoms with van der Waals surface area (Å²) in [4.78, 5) is 14.2.